The molecule has 2 fully saturated rings. The second kappa shape index (κ2) is 7.69. The number of likely N-dealkylation sites (N-methyl/N-ethyl adjacent to an activating group) is 1. The van der Waals surface area contributed by atoms with Gasteiger partial charge in [-0.1, -0.05) is 37.5 Å². The van der Waals surface area contributed by atoms with Crippen molar-refractivity contribution in [2.24, 2.45) is 0 Å². The number of rotatable bonds is 3. The molecule has 3 rings (SSSR count). The number of carbonyl (C=O) groups excluding carboxylic acids is 2. The smallest absolute Gasteiger partial charge is 0.318 e. The zero-order chi connectivity index (χ0) is 16.9. The number of urea groups is 1. The summed E-state index contributed by atoms with van der Waals surface area (Å²) in [5.41, 5.74) is 0.863. The molecule has 0 bridgehead atoms. The van der Waals surface area contributed by atoms with Crippen molar-refractivity contribution in [2.75, 3.05) is 18.5 Å². The minimum atomic E-state index is -0.348. The summed E-state index contributed by atoms with van der Waals surface area (Å²) in [6.45, 7) is 0.664. The van der Waals surface area contributed by atoms with Gasteiger partial charge in [0.05, 0.1) is 0 Å². The first-order chi connectivity index (χ1) is 11.7. The number of nitrogens with zero attached hydrogens (tertiary/aromatic N) is 2. The van der Waals surface area contributed by atoms with Gasteiger partial charge >= 0.3 is 6.03 Å². The van der Waals surface area contributed by atoms with Crippen LogP contribution in [0.3, 0.4) is 0 Å². The number of hydrogen-bond acceptors (Lipinski definition) is 2. The topological polar surface area (TPSA) is 52.7 Å². The van der Waals surface area contributed by atoms with E-state index in [4.69, 9.17) is 0 Å². The lowest BCUT2D eigenvalue weighted by Crippen LogP contribution is -2.52. The molecule has 1 saturated carbocycles. The zero-order valence-corrected chi connectivity index (χ0v) is 14.4. The zero-order valence-electron chi connectivity index (χ0n) is 14.4. The largest absolute Gasteiger partial charge is 0.335 e. The minimum absolute atomic E-state index is 0.00232. The number of anilines is 1. The average molecular weight is 329 g/mol. The SMILES string of the molecule is CN(C(=O)C1CCCN1C(=O)NC1CCCCC1)c1ccccc1. The van der Waals surface area contributed by atoms with E-state index in [1.165, 1.54) is 19.3 Å². The molecule has 1 heterocycles. The third-order valence-corrected chi connectivity index (χ3v) is 5.21. The summed E-state index contributed by atoms with van der Waals surface area (Å²) >= 11 is 0. The second-order valence-corrected chi connectivity index (χ2v) is 6.87. The molecular weight excluding hydrogens is 302 g/mol. The lowest BCUT2D eigenvalue weighted by Gasteiger charge is -2.31. The molecule has 1 N–H and O–H groups in total. The first-order valence-corrected chi connectivity index (χ1v) is 9.06. The molecule has 5 nitrogen and oxygen atoms in total. The molecule has 1 unspecified atom stereocenters. The van der Waals surface area contributed by atoms with E-state index < -0.39 is 0 Å². The van der Waals surface area contributed by atoms with Gasteiger partial charge in [-0.2, -0.15) is 0 Å². The Balaban J connectivity index is 1.63. The first-order valence-electron chi connectivity index (χ1n) is 9.06. The molecule has 24 heavy (non-hydrogen) atoms. The van der Waals surface area contributed by atoms with Gasteiger partial charge < -0.3 is 15.1 Å². The van der Waals surface area contributed by atoms with Crippen molar-refractivity contribution >= 4 is 17.6 Å². The molecule has 2 aliphatic rings. The molecule has 1 aliphatic heterocycles. The normalized spacial score (nSPS) is 21.5. The number of nitrogens with one attached hydrogen (secondary N) is 1. The third kappa shape index (κ3) is 3.71. The Morgan fingerprint density at radius 1 is 1.04 bits per heavy atom. The summed E-state index contributed by atoms with van der Waals surface area (Å²) in [7, 11) is 1.78. The molecule has 0 radical (unpaired) electrons. The number of benzene rings is 1. The number of hydrogen-bond donors (Lipinski definition) is 1. The fourth-order valence-corrected chi connectivity index (χ4v) is 3.77. The number of amides is 3. The van der Waals surface area contributed by atoms with Crippen molar-refractivity contribution in [3.8, 4) is 0 Å². The number of para-hydroxylation sites is 1. The highest BCUT2D eigenvalue weighted by molar-refractivity contribution is 5.98. The third-order valence-electron chi connectivity index (χ3n) is 5.21. The van der Waals surface area contributed by atoms with Crippen LogP contribution in [-0.4, -0.2) is 42.5 Å². The van der Waals surface area contributed by atoms with Gasteiger partial charge in [-0.05, 0) is 37.8 Å². The molecule has 1 aliphatic carbocycles. The van der Waals surface area contributed by atoms with Crippen molar-refractivity contribution < 1.29 is 9.59 Å². The van der Waals surface area contributed by atoms with Crippen LogP contribution in [-0.2, 0) is 4.79 Å². The molecule has 1 aromatic rings. The van der Waals surface area contributed by atoms with Gasteiger partial charge in [-0.25, -0.2) is 4.79 Å². The fraction of sp³-hybridized carbons (Fsp3) is 0.579. The Kier molecular flexibility index (Phi) is 5.38. The van der Waals surface area contributed by atoms with Crippen molar-refractivity contribution in [3.63, 3.8) is 0 Å². The Morgan fingerprint density at radius 3 is 2.46 bits per heavy atom. The highest BCUT2D eigenvalue weighted by Crippen LogP contribution is 2.23. The quantitative estimate of drug-likeness (QED) is 0.926. The molecule has 1 saturated heterocycles. The standard InChI is InChI=1S/C19H27N3O2/c1-21(16-11-6-3-7-12-16)18(23)17-13-8-14-22(17)19(24)20-15-9-4-2-5-10-15/h3,6-7,11-12,15,17H,2,4-5,8-10,13-14H2,1H3,(H,20,24). The molecule has 0 spiro atoms. The van der Waals surface area contributed by atoms with Crippen LogP contribution in [0.1, 0.15) is 44.9 Å². The van der Waals surface area contributed by atoms with Gasteiger partial charge in [0.1, 0.15) is 6.04 Å². The van der Waals surface area contributed by atoms with Gasteiger partial charge in [-0.15, -0.1) is 0 Å². The highest BCUT2D eigenvalue weighted by atomic mass is 16.2. The monoisotopic (exact) mass is 329 g/mol. The van der Waals surface area contributed by atoms with Crippen LogP contribution in [0.5, 0.6) is 0 Å². The number of likely N-dealkylation sites (tertiary alicyclic amines) is 1. The van der Waals surface area contributed by atoms with E-state index in [1.54, 1.807) is 16.8 Å². The molecule has 130 valence electrons. The van der Waals surface area contributed by atoms with E-state index in [1.807, 2.05) is 30.3 Å². The van der Waals surface area contributed by atoms with Gasteiger partial charge in [0.2, 0.25) is 5.91 Å². The summed E-state index contributed by atoms with van der Waals surface area (Å²) in [5.74, 6) is -0.00232. The maximum absolute atomic E-state index is 12.9. The van der Waals surface area contributed by atoms with E-state index in [0.717, 1.165) is 31.4 Å². The maximum atomic E-state index is 12.9. The van der Waals surface area contributed by atoms with Crippen LogP contribution in [0.15, 0.2) is 30.3 Å². The van der Waals surface area contributed by atoms with Gasteiger partial charge in [0.15, 0.2) is 0 Å². The predicted molar refractivity (Wildman–Crippen MR) is 95.0 cm³/mol. The van der Waals surface area contributed by atoms with Crippen LogP contribution < -0.4 is 10.2 Å². The van der Waals surface area contributed by atoms with Crippen molar-refractivity contribution in [1.82, 2.24) is 10.2 Å². The Labute approximate surface area is 144 Å². The highest BCUT2D eigenvalue weighted by Gasteiger charge is 2.36. The Bertz CT molecular complexity index is 569. The van der Waals surface area contributed by atoms with Gasteiger partial charge in [0.25, 0.3) is 0 Å². The van der Waals surface area contributed by atoms with E-state index in [2.05, 4.69) is 5.32 Å². The molecule has 1 atom stereocenters. The van der Waals surface area contributed by atoms with E-state index in [0.29, 0.717) is 6.54 Å². The van der Waals surface area contributed by atoms with Crippen LogP contribution in [0.4, 0.5) is 10.5 Å². The Hall–Kier alpha value is -2.04. The van der Waals surface area contributed by atoms with E-state index >= 15 is 0 Å². The fourth-order valence-electron chi connectivity index (χ4n) is 3.77. The molecule has 5 heteroatoms. The molecule has 0 aromatic heterocycles. The van der Waals surface area contributed by atoms with E-state index in [-0.39, 0.29) is 24.0 Å². The summed E-state index contributed by atoms with van der Waals surface area (Å²) in [4.78, 5) is 28.9. The molecule has 1 aromatic carbocycles. The first kappa shape index (κ1) is 16.8. The number of carbonyl (C=O) groups is 2. The Morgan fingerprint density at radius 2 is 1.75 bits per heavy atom. The molecule has 3 amide bonds. The lowest BCUT2D eigenvalue weighted by molar-refractivity contribution is -0.121. The van der Waals surface area contributed by atoms with Crippen molar-refractivity contribution in [1.29, 1.82) is 0 Å². The second-order valence-electron chi connectivity index (χ2n) is 6.87. The maximum Gasteiger partial charge on any atom is 0.318 e. The summed E-state index contributed by atoms with van der Waals surface area (Å²) in [5, 5.41) is 3.14. The van der Waals surface area contributed by atoms with Crippen molar-refractivity contribution in [2.45, 2.75) is 57.0 Å². The van der Waals surface area contributed by atoms with Gasteiger partial charge in [0, 0.05) is 25.3 Å². The van der Waals surface area contributed by atoms with Gasteiger partial charge in [-0.3, -0.25) is 4.79 Å². The summed E-state index contributed by atoms with van der Waals surface area (Å²) < 4.78 is 0. The minimum Gasteiger partial charge on any atom is -0.335 e. The van der Waals surface area contributed by atoms with Crippen LogP contribution >= 0.6 is 0 Å². The average Bonchev–Trinajstić information content (AvgIpc) is 3.12. The molecular formula is C19H27N3O2. The summed E-state index contributed by atoms with van der Waals surface area (Å²) in [6.07, 6.45) is 7.38. The lowest BCUT2D eigenvalue weighted by atomic mass is 9.96. The van der Waals surface area contributed by atoms with Crippen LogP contribution in [0, 0.1) is 0 Å². The van der Waals surface area contributed by atoms with E-state index in [9.17, 15) is 9.59 Å². The van der Waals surface area contributed by atoms with Crippen molar-refractivity contribution in [3.05, 3.63) is 30.3 Å². The predicted octanol–water partition coefficient (Wildman–Crippen LogP) is 3.16. The van der Waals surface area contributed by atoms with Crippen LogP contribution in [0.2, 0.25) is 0 Å². The van der Waals surface area contributed by atoms with Crippen LogP contribution in [0.25, 0.3) is 0 Å². The summed E-state index contributed by atoms with van der Waals surface area (Å²) in [6, 6.07) is 9.45.